The molecule has 9 nitrogen and oxygen atoms in total. The van der Waals surface area contributed by atoms with Crippen LogP contribution in [0, 0.1) is 11.3 Å². The van der Waals surface area contributed by atoms with Crippen LogP contribution in [0.25, 0.3) is 0 Å². The van der Waals surface area contributed by atoms with E-state index < -0.39 is 11.7 Å². The van der Waals surface area contributed by atoms with Gasteiger partial charge in [0.05, 0.1) is 0 Å². The molecular formula is C30H53N3O6. The summed E-state index contributed by atoms with van der Waals surface area (Å²) in [4.78, 5) is 46.2. The summed E-state index contributed by atoms with van der Waals surface area (Å²) in [5, 5.41) is 12.1. The lowest BCUT2D eigenvalue weighted by atomic mass is 9.83. The first-order chi connectivity index (χ1) is 18.0. The Kier molecular flexibility index (Phi) is 19.4. The smallest absolute Gasteiger partial charge is 0.408 e. The van der Waals surface area contributed by atoms with E-state index in [1.54, 1.807) is 25.7 Å². The molecule has 0 aliphatic carbocycles. The zero-order valence-corrected chi connectivity index (χ0v) is 25.8. The molecule has 9 heteroatoms. The molecule has 0 aromatic heterocycles. The number of carboxylic acid groups (broad SMARTS) is 1. The Morgan fingerprint density at radius 1 is 1.03 bits per heavy atom. The molecule has 1 aromatic rings. The Bertz CT molecular complexity index is 842. The lowest BCUT2D eigenvalue weighted by Gasteiger charge is -2.25. The van der Waals surface area contributed by atoms with E-state index in [1.807, 2.05) is 31.3 Å². The number of rotatable bonds is 11. The van der Waals surface area contributed by atoms with E-state index >= 15 is 0 Å². The first kappa shape index (κ1) is 38.0. The average molecular weight is 552 g/mol. The van der Waals surface area contributed by atoms with Gasteiger partial charge in [-0.3, -0.25) is 14.4 Å². The average Bonchev–Trinajstić information content (AvgIpc) is 2.79. The summed E-state index contributed by atoms with van der Waals surface area (Å²) in [6.45, 7) is 18.6. The van der Waals surface area contributed by atoms with Crippen LogP contribution in [0.5, 0.6) is 0 Å². The number of nitrogens with zero attached hydrogens (tertiary/aromatic N) is 1. The number of carbonyl (C=O) groups is 4. The Hall–Kier alpha value is -3.10. The van der Waals surface area contributed by atoms with E-state index in [0.29, 0.717) is 18.7 Å². The van der Waals surface area contributed by atoms with Crippen molar-refractivity contribution in [3.8, 4) is 0 Å². The maximum Gasteiger partial charge on any atom is 0.408 e. The fourth-order valence-electron chi connectivity index (χ4n) is 3.29. The molecule has 0 saturated heterocycles. The summed E-state index contributed by atoms with van der Waals surface area (Å²) in [5.41, 5.74) is 1.32. The van der Waals surface area contributed by atoms with Crippen molar-refractivity contribution in [1.82, 2.24) is 10.2 Å². The van der Waals surface area contributed by atoms with Gasteiger partial charge in [0.1, 0.15) is 12.1 Å². The number of benzene rings is 1. The number of alkyl carbamates (subject to hydrolysis) is 1. The van der Waals surface area contributed by atoms with Crippen LogP contribution in [0.3, 0.4) is 0 Å². The van der Waals surface area contributed by atoms with Crippen molar-refractivity contribution in [1.29, 1.82) is 0 Å². The second kappa shape index (κ2) is 19.9. The summed E-state index contributed by atoms with van der Waals surface area (Å²) in [7, 11) is 1.85. The molecule has 0 spiro atoms. The van der Waals surface area contributed by atoms with Gasteiger partial charge in [-0.05, 0) is 69.1 Å². The summed E-state index contributed by atoms with van der Waals surface area (Å²) < 4.78 is 5.10. The van der Waals surface area contributed by atoms with Gasteiger partial charge >= 0.3 is 6.09 Å². The minimum Gasteiger partial charge on any atom is -0.483 e. The number of hydrogen-bond donors (Lipinski definition) is 3. The van der Waals surface area contributed by atoms with E-state index in [9.17, 15) is 14.4 Å². The number of carbonyl (C=O) groups excluding carboxylic acids is 3. The topological polar surface area (TPSA) is 125 Å². The Labute approximate surface area is 236 Å². The molecule has 0 bridgehead atoms. The second-order valence-corrected chi connectivity index (χ2v) is 11.9. The molecule has 0 atom stereocenters. The number of nitrogens with one attached hydrogen (secondary N) is 2. The molecule has 0 radical (unpaired) electrons. The normalized spacial score (nSPS) is 10.7. The standard InChI is InChI=1S/C25H41N3O4.C4H10.CH2O2/c1-8-15-25(5,6)16-13-22(30)28(7)17-14-19-9-11-20(12-10-19)27-21(29)18-26-23(31)32-24(2,3)4;1-4(2)3;2-1-3/h9-12H,8,13-18H2,1-7H3,(H,26,31)(H,27,29);4H,1-3H3;1H,(H,2,3). The SMILES string of the molecule is CC(C)C.CCCC(C)(C)CCC(=O)N(C)CCc1ccc(NC(=O)CNC(=O)OC(C)(C)C)cc1.O=CO. The predicted octanol–water partition coefficient (Wildman–Crippen LogP) is 6.12. The minimum absolute atomic E-state index is 0.168. The molecule has 1 aromatic carbocycles. The molecule has 3 N–H and O–H groups in total. The van der Waals surface area contributed by atoms with Gasteiger partial charge in [-0.2, -0.15) is 0 Å². The molecule has 0 aliphatic rings. The van der Waals surface area contributed by atoms with Crippen LogP contribution in [0.15, 0.2) is 24.3 Å². The number of amides is 3. The maximum atomic E-state index is 12.4. The molecule has 0 unspecified atom stereocenters. The van der Waals surface area contributed by atoms with Crippen LogP contribution >= 0.6 is 0 Å². The third-order valence-corrected chi connectivity index (χ3v) is 5.13. The highest BCUT2D eigenvalue weighted by atomic mass is 16.6. The highest BCUT2D eigenvalue weighted by molar-refractivity contribution is 5.93. The third kappa shape index (κ3) is 23.7. The van der Waals surface area contributed by atoms with Crippen molar-refractivity contribution in [3.05, 3.63) is 29.8 Å². The third-order valence-electron chi connectivity index (χ3n) is 5.13. The molecule has 1 rings (SSSR count). The van der Waals surface area contributed by atoms with Gasteiger partial charge in [0, 0.05) is 25.7 Å². The van der Waals surface area contributed by atoms with Crippen molar-refractivity contribution in [2.75, 3.05) is 25.5 Å². The first-order valence-electron chi connectivity index (χ1n) is 13.6. The van der Waals surface area contributed by atoms with Crippen LogP contribution in [-0.2, 0) is 25.5 Å². The highest BCUT2D eigenvalue weighted by Gasteiger charge is 2.20. The van der Waals surface area contributed by atoms with Crippen molar-refractivity contribution in [3.63, 3.8) is 0 Å². The molecule has 39 heavy (non-hydrogen) atoms. The summed E-state index contributed by atoms with van der Waals surface area (Å²) in [6, 6.07) is 7.49. The molecule has 0 heterocycles. The van der Waals surface area contributed by atoms with Crippen molar-refractivity contribution >= 4 is 30.1 Å². The first-order valence-corrected chi connectivity index (χ1v) is 13.6. The fraction of sp³-hybridized carbons (Fsp3) is 0.667. The van der Waals surface area contributed by atoms with Gasteiger partial charge < -0.3 is 25.4 Å². The van der Waals surface area contributed by atoms with Gasteiger partial charge in [0.2, 0.25) is 11.8 Å². The van der Waals surface area contributed by atoms with Crippen molar-refractivity contribution in [2.24, 2.45) is 11.3 Å². The van der Waals surface area contributed by atoms with Crippen molar-refractivity contribution in [2.45, 2.75) is 100 Å². The van der Waals surface area contributed by atoms with E-state index in [0.717, 1.165) is 37.2 Å². The van der Waals surface area contributed by atoms with Gasteiger partial charge in [0.25, 0.3) is 6.47 Å². The molecular weight excluding hydrogens is 498 g/mol. The summed E-state index contributed by atoms with van der Waals surface area (Å²) >= 11 is 0. The predicted molar refractivity (Wildman–Crippen MR) is 158 cm³/mol. The zero-order chi connectivity index (χ0) is 30.6. The van der Waals surface area contributed by atoms with Crippen molar-refractivity contribution < 1.29 is 29.0 Å². The van der Waals surface area contributed by atoms with Gasteiger partial charge in [-0.1, -0.05) is 60.1 Å². The Balaban J connectivity index is 0. The van der Waals surface area contributed by atoms with E-state index in [2.05, 4.69) is 52.2 Å². The fourth-order valence-corrected chi connectivity index (χ4v) is 3.29. The van der Waals surface area contributed by atoms with Gasteiger partial charge in [0.15, 0.2) is 0 Å². The van der Waals surface area contributed by atoms with Gasteiger partial charge in [-0.15, -0.1) is 0 Å². The monoisotopic (exact) mass is 551 g/mol. The molecule has 0 fully saturated rings. The lowest BCUT2D eigenvalue weighted by Crippen LogP contribution is -2.37. The van der Waals surface area contributed by atoms with E-state index in [1.165, 1.54) is 0 Å². The molecule has 224 valence electrons. The Morgan fingerprint density at radius 2 is 1.54 bits per heavy atom. The zero-order valence-electron chi connectivity index (χ0n) is 25.8. The van der Waals surface area contributed by atoms with Crippen LogP contribution < -0.4 is 10.6 Å². The molecule has 3 amide bonds. The maximum absolute atomic E-state index is 12.4. The van der Waals surface area contributed by atoms with Crippen LogP contribution in [0.4, 0.5) is 10.5 Å². The van der Waals surface area contributed by atoms with Gasteiger partial charge in [-0.25, -0.2) is 4.79 Å². The largest absolute Gasteiger partial charge is 0.483 e. The minimum atomic E-state index is -0.629. The number of likely N-dealkylation sites (N-methyl/N-ethyl adjacent to an activating group) is 1. The summed E-state index contributed by atoms with van der Waals surface area (Å²) in [6.07, 6.45) is 3.86. The lowest BCUT2D eigenvalue weighted by molar-refractivity contribution is -0.130. The Morgan fingerprint density at radius 3 is 2.00 bits per heavy atom. The molecule has 0 aliphatic heterocycles. The van der Waals surface area contributed by atoms with Crippen LogP contribution in [-0.4, -0.2) is 60.1 Å². The quantitative estimate of drug-likeness (QED) is 0.285. The second-order valence-electron chi connectivity index (χ2n) is 11.9. The number of anilines is 1. The summed E-state index contributed by atoms with van der Waals surface area (Å²) in [5.74, 6) is 0.676. The van der Waals surface area contributed by atoms with E-state index in [-0.39, 0.29) is 30.2 Å². The number of ether oxygens (including phenoxy) is 1. The van der Waals surface area contributed by atoms with Crippen LogP contribution in [0.1, 0.15) is 93.6 Å². The number of hydrogen-bond acceptors (Lipinski definition) is 5. The molecule has 0 saturated carbocycles. The highest BCUT2D eigenvalue weighted by Crippen LogP contribution is 2.28. The van der Waals surface area contributed by atoms with E-state index in [4.69, 9.17) is 14.6 Å². The van der Waals surface area contributed by atoms with Crippen LogP contribution in [0.2, 0.25) is 0 Å².